The summed E-state index contributed by atoms with van der Waals surface area (Å²) in [7, 11) is 0. The van der Waals surface area contributed by atoms with Crippen molar-refractivity contribution in [3.63, 3.8) is 0 Å². The summed E-state index contributed by atoms with van der Waals surface area (Å²) in [6, 6.07) is 10.9. The number of hydrogen-bond donors (Lipinski definition) is 4. The monoisotopic (exact) mass is 1060 g/mol. The Morgan fingerprint density at radius 2 is 0.551 bits per heavy atom. The van der Waals surface area contributed by atoms with Crippen LogP contribution >= 0.6 is 0 Å². The van der Waals surface area contributed by atoms with Gasteiger partial charge in [-0.2, -0.15) is 0 Å². The minimum Gasteiger partial charge on any atom is -0.494 e. The van der Waals surface area contributed by atoms with Gasteiger partial charge in [0.2, 0.25) is 11.8 Å². The van der Waals surface area contributed by atoms with Crippen LogP contribution < -0.4 is 21.8 Å². The molecule has 0 amide bonds. The van der Waals surface area contributed by atoms with Crippen LogP contribution in [0.3, 0.4) is 0 Å². The van der Waals surface area contributed by atoms with E-state index in [1.54, 1.807) is 21.3 Å². The molecule has 0 bridgehead atoms. The first-order valence-electron chi connectivity index (χ1n) is 32.7. The number of rotatable bonds is 42. The number of hydrogen-bond acceptors (Lipinski definition) is 6. The normalized spacial score (nSPS) is 12.4. The van der Waals surface area contributed by atoms with Gasteiger partial charge in [-0.25, -0.2) is 0 Å². The standard InChI is InChI=1S/C70H104N4O4/c1-5-9-13-17-21-25-29-33-37-41-51(42-38-34-30-26-22-18-14-10-6-2)73-67(75)55-47-45-53-64-60(72)50-58-62-56(48-46-54(66(62)64)63-59(71)49-57(69(73)77)61(55)65(53)63)68(76)74(70(58)78)52(43-39-35-31-27-23-19-15-11-7-3)44-40-36-32-28-24-20-16-12-8-4/h45-52,71-72,75-76H,5-44H2,1-4H3. The van der Waals surface area contributed by atoms with Crippen LogP contribution in [-0.2, 0) is 0 Å². The summed E-state index contributed by atoms with van der Waals surface area (Å²) >= 11 is 0. The first-order chi connectivity index (χ1) is 38.2. The van der Waals surface area contributed by atoms with E-state index in [1.165, 1.54) is 180 Å². The average molecular weight is 1070 g/mol. The van der Waals surface area contributed by atoms with Crippen molar-refractivity contribution in [3.05, 3.63) is 67.8 Å². The van der Waals surface area contributed by atoms with Crippen LogP contribution in [0.5, 0.6) is 11.8 Å². The van der Waals surface area contributed by atoms with Crippen molar-refractivity contribution in [2.75, 3.05) is 0 Å². The molecule has 78 heavy (non-hydrogen) atoms. The first-order valence-corrected chi connectivity index (χ1v) is 32.7. The molecule has 7 aromatic rings. The number of unbranched alkanes of at least 4 members (excludes halogenated alkanes) is 32. The first kappa shape index (κ1) is 60.9. The summed E-state index contributed by atoms with van der Waals surface area (Å²) in [4.78, 5) is 30.2. The quantitative estimate of drug-likeness (QED) is 0.0172. The highest BCUT2D eigenvalue weighted by molar-refractivity contribution is 6.39. The van der Waals surface area contributed by atoms with Crippen LogP contribution in [0.2, 0.25) is 0 Å². The highest BCUT2D eigenvalue weighted by Gasteiger charge is 2.28. The molecule has 0 aliphatic rings. The number of benzene rings is 5. The van der Waals surface area contributed by atoms with E-state index in [0.29, 0.717) is 53.9 Å². The second-order valence-corrected chi connectivity index (χ2v) is 24.3. The van der Waals surface area contributed by atoms with Crippen molar-refractivity contribution in [2.45, 2.75) is 297 Å². The van der Waals surface area contributed by atoms with E-state index in [1.807, 2.05) is 24.3 Å². The van der Waals surface area contributed by atoms with Gasteiger partial charge in [0, 0.05) is 55.2 Å². The van der Waals surface area contributed by atoms with Gasteiger partial charge in [0.05, 0.1) is 21.5 Å². The second kappa shape index (κ2) is 31.9. The van der Waals surface area contributed by atoms with Gasteiger partial charge < -0.3 is 21.0 Å². The summed E-state index contributed by atoms with van der Waals surface area (Å²) in [6.45, 7) is 9.04. The molecule has 0 atom stereocenters. The SMILES string of the molecule is CCCCCCCCCCCC(CCCCCCCCCCC)n1c(O)c2ccc3c4c(=N)cc5c(=O)n(C(CCCCCCCCCCC)CCCCCCCCCCC)c(O)c6ccc(c7c(=N)cc(c1=O)c2c37)c4c65. The van der Waals surface area contributed by atoms with Gasteiger partial charge in [-0.1, -0.05) is 271 Å². The van der Waals surface area contributed by atoms with Crippen LogP contribution in [0, 0.1) is 10.8 Å². The van der Waals surface area contributed by atoms with E-state index >= 15 is 9.59 Å². The Hall–Kier alpha value is -4.72. The third-order valence-electron chi connectivity index (χ3n) is 18.2. The maximum absolute atomic E-state index is 15.1. The molecule has 0 aliphatic carbocycles. The summed E-state index contributed by atoms with van der Waals surface area (Å²) in [5.41, 5.74) is -0.499. The van der Waals surface area contributed by atoms with Crippen molar-refractivity contribution in [1.29, 1.82) is 10.8 Å². The Kier molecular flexibility index (Phi) is 24.9. The third kappa shape index (κ3) is 15.0. The highest BCUT2D eigenvalue weighted by Crippen LogP contribution is 2.46. The Bertz CT molecular complexity index is 2880. The number of nitrogens with one attached hydrogen (secondary N) is 2. The van der Waals surface area contributed by atoms with Crippen LogP contribution in [-0.4, -0.2) is 19.3 Å². The molecular formula is C70H104N4O4. The molecule has 7 rings (SSSR count). The average Bonchev–Trinajstić information content (AvgIpc) is 3.59. The Morgan fingerprint density at radius 3 is 0.808 bits per heavy atom. The zero-order valence-corrected chi connectivity index (χ0v) is 49.5. The minimum absolute atomic E-state index is 0.00805. The summed E-state index contributed by atoms with van der Waals surface area (Å²) in [5, 5.41) is 52.3. The third-order valence-corrected chi connectivity index (χ3v) is 18.2. The molecule has 0 aliphatic heterocycles. The summed E-state index contributed by atoms with van der Waals surface area (Å²) < 4.78 is 3.36. The van der Waals surface area contributed by atoms with Gasteiger partial charge in [0.15, 0.2) is 0 Å². The van der Waals surface area contributed by atoms with Crippen molar-refractivity contribution >= 4 is 64.6 Å². The van der Waals surface area contributed by atoms with E-state index in [2.05, 4.69) is 27.7 Å². The molecule has 8 nitrogen and oxygen atoms in total. The molecule has 0 radical (unpaired) electrons. The van der Waals surface area contributed by atoms with Gasteiger partial charge in [0.1, 0.15) is 0 Å². The van der Waals surface area contributed by atoms with Gasteiger partial charge in [-0.15, -0.1) is 0 Å². The molecule has 428 valence electrons. The zero-order valence-electron chi connectivity index (χ0n) is 49.5. The molecule has 0 saturated heterocycles. The maximum Gasteiger partial charge on any atom is 0.261 e. The molecule has 0 saturated carbocycles. The lowest BCUT2D eigenvalue weighted by Crippen LogP contribution is -2.27. The molecular weight excluding hydrogens is 961 g/mol. The second-order valence-electron chi connectivity index (χ2n) is 24.3. The van der Waals surface area contributed by atoms with E-state index in [9.17, 15) is 21.0 Å². The Labute approximate surface area is 468 Å². The van der Waals surface area contributed by atoms with E-state index in [0.717, 1.165) is 87.8 Å². The van der Waals surface area contributed by atoms with Crippen molar-refractivity contribution in [1.82, 2.24) is 9.13 Å². The highest BCUT2D eigenvalue weighted by atomic mass is 16.3. The predicted octanol–water partition coefficient (Wildman–Crippen LogP) is 20.4. The number of nitrogens with zero attached hydrogens (tertiary/aromatic N) is 2. The maximum atomic E-state index is 15.1. The molecule has 2 heterocycles. The van der Waals surface area contributed by atoms with Crippen LogP contribution in [0.25, 0.3) is 64.6 Å². The van der Waals surface area contributed by atoms with E-state index in [-0.39, 0.29) is 45.7 Å². The van der Waals surface area contributed by atoms with Crippen LogP contribution in [0.1, 0.15) is 297 Å². The lowest BCUT2D eigenvalue weighted by Gasteiger charge is -2.25. The van der Waals surface area contributed by atoms with Gasteiger partial charge >= 0.3 is 0 Å². The number of aromatic nitrogens is 2. The number of fused-ring (bicyclic) bond motifs is 2. The van der Waals surface area contributed by atoms with Crippen LogP contribution in [0.4, 0.5) is 0 Å². The minimum atomic E-state index is -0.249. The largest absolute Gasteiger partial charge is 0.494 e. The number of aromatic hydroxyl groups is 2. The fraction of sp³-hybridized carbons (Fsp3) is 0.657. The smallest absolute Gasteiger partial charge is 0.261 e. The summed E-state index contributed by atoms with van der Waals surface area (Å²) in [5.74, 6) is -0.0161. The Morgan fingerprint density at radius 1 is 0.321 bits per heavy atom. The van der Waals surface area contributed by atoms with Crippen molar-refractivity contribution < 1.29 is 10.2 Å². The molecule has 0 fully saturated rings. The van der Waals surface area contributed by atoms with Crippen LogP contribution in [0.15, 0.2) is 46.0 Å². The lowest BCUT2D eigenvalue weighted by molar-refractivity contribution is 0.333. The summed E-state index contributed by atoms with van der Waals surface area (Å²) in [6.07, 6.45) is 47.4. The molecule has 2 aromatic heterocycles. The molecule has 4 N–H and O–H groups in total. The topological polar surface area (TPSA) is 132 Å². The fourth-order valence-corrected chi connectivity index (χ4v) is 13.8. The van der Waals surface area contributed by atoms with Gasteiger partial charge in [-0.05, 0) is 60.7 Å². The lowest BCUT2D eigenvalue weighted by atomic mass is 9.85. The van der Waals surface area contributed by atoms with Crippen molar-refractivity contribution in [2.24, 2.45) is 0 Å². The molecule has 0 spiro atoms. The van der Waals surface area contributed by atoms with Gasteiger partial charge in [-0.3, -0.25) is 18.7 Å². The van der Waals surface area contributed by atoms with E-state index < -0.39 is 0 Å². The zero-order chi connectivity index (χ0) is 55.2. The van der Waals surface area contributed by atoms with Gasteiger partial charge in [0.25, 0.3) is 11.1 Å². The van der Waals surface area contributed by atoms with E-state index in [4.69, 9.17) is 0 Å². The van der Waals surface area contributed by atoms with Crippen molar-refractivity contribution in [3.8, 4) is 11.8 Å². The fourth-order valence-electron chi connectivity index (χ4n) is 13.8. The molecule has 5 aromatic carbocycles. The predicted molar refractivity (Wildman–Crippen MR) is 334 cm³/mol. The molecule has 8 heteroatoms. The Balaban J connectivity index is 1.23. The number of pyridine rings is 2. The molecule has 0 unspecified atom stereocenters.